The second kappa shape index (κ2) is 8.02. The molecule has 4 nitrogen and oxygen atoms in total. The third-order valence-corrected chi connectivity index (χ3v) is 4.36. The Morgan fingerprint density at radius 1 is 1.38 bits per heavy atom. The minimum Gasteiger partial charge on any atom is -0.444 e. The normalized spacial score (nSPS) is 18.1. The Labute approximate surface area is 146 Å². The number of ether oxygens (including phenoxy) is 1. The van der Waals surface area contributed by atoms with Crippen LogP contribution in [0.4, 0.5) is 10.5 Å². The molecule has 0 radical (unpaired) electrons. The van der Waals surface area contributed by atoms with Gasteiger partial charge in [0.1, 0.15) is 5.60 Å². The molecule has 0 fully saturated rings. The van der Waals surface area contributed by atoms with Gasteiger partial charge in [0.15, 0.2) is 0 Å². The van der Waals surface area contributed by atoms with Gasteiger partial charge in [-0.2, -0.15) is 0 Å². The number of anilines is 1. The summed E-state index contributed by atoms with van der Waals surface area (Å²) in [6.45, 7) is 11.2. The Kier molecular flexibility index (Phi) is 6.27. The summed E-state index contributed by atoms with van der Waals surface area (Å²) in [6.07, 6.45) is 4.29. The molecule has 2 atom stereocenters. The van der Waals surface area contributed by atoms with Crippen LogP contribution in [-0.4, -0.2) is 18.2 Å². The summed E-state index contributed by atoms with van der Waals surface area (Å²) < 4.78 is 5.31. The first-order chi connectivity index (χ1) is 11.3. The number of benzene rings is 1. The first-order valence-corrected chi connectivity index (χ1v) is 9.14. The highest BCUT2D eigenvalue weighted by atomic mass is 16.6. The maximum absolute atomic E-state index is 11.9. The summed E-state index contributed by atoms with van der Waals surface area (Å²) in [5, 5.41) is 6.53. The summed E-state index contributed by atoms with van der Waals surface area (Å²) in [5.74, 6) is 0.715. The summed E-state index contributed by atoms with van der Waals surface area (Å²) in [6, 6.07) is 6.63. The third kappa shape index (κ3) is 5.52. The molecular weight excluding hydrogens is 300 g/mol. The largest absolute Gasteiger partial charge is 0.444 e. The molecule has 134 valence electrons. The van der Waals surface area contributed by atoms with Crippen LogP contribution in [0.3, 0.4) is 0 Å². The summed E-state index contributed by atoms with van der Waals surface area (Å²) in [4.78, 5) is 11.9. The highest BCUT2D eigenvalue weighted by molar-refractivity contribution is 5.85. The monoisotopic (exact) mass is 332 g/mol. The Morgan fingerprint density at radius 3 is 2.79 bits per heavy atom. The van der Waals surface area contributed by atoms with Crippen molar-refractivity contribution in [3.05, 3.63) is 29.3 Å². The minimum atomic E-state index is -0.481. The van der Waals surface area contributed by atoms with Crippen LogP contribution in [0.2, 0.25) is 0 Å². The van der Waals surface area contributed by atoms with Crippen molar-refractivity contribution in [1.29, 1.82) is 0 Å². The zero-order chi connectivity index (χ0) is 17.7. The fourth-order valence-corrected chi connectivity index (χ4v) is 3.27. The van der Waals surface area contributed by atoms with Gasteiger partial charge in [-0.25, -0.2) is 4.79 Å². The van der Waals surface area contributed by atoms with Crippen LogP contribution < -0.4 is 10.6 Å². The highest BCUT2D eigenvalue weighted by Crippen LogP contribution is 2.33. The number of carbonyl (C=O) groups is 1. The van der Waals surface area contributed by atoms with Crippen molar-refractivity contribution in [2.45, 2.75) is 71.9 Å². The second-order valence-corrected chi connectivity index (χ2v) is 7.93. The lowest BCUT2D eigenvalue weighted by Crippen LogP contribution is -2.27. The van der Waals surface area contributed by atoms with Gasteiger partial charge in [0.2, 0.25) is 0 Å². The van der Waals surface area contributed by atoms with Crippen molar-refractivity contribution in [2.75, 3.05) is 11.9 Å². The molecule has 0 heterocycles. The van der Waals surface area contributed by atoms with Crippen molar-refractivity contribution in [3.63, 3.8) is 0 Å². The predicted octanol–water partition coefficient (Wildman–Crippen LogP) is 5.05. The van der Waals surface area contributed by atoms with Crippen molar-refractivity contribution < 1.29 is 9.53 Å². The smallest absolute Gasteiger partial charge is 0.412 e. The fourth-order valence-electron chi connectivity index (χ4n) is 3.27. The van der Waals surface area contributed by atoms with Crippen molar-refractivity contribution in [2.24, 2.45) is 5.92 Å². The highest BCUT2D eigenvalue weighted by Gasteiger charge is 2.23. The lowest BCUT2D eigenvalue weighted by atomic mass is 10.0. The van der Waals surface area contributed by atoms with Crippen molar-refractivity contribution in [3.8, 4) is 0 Å². The number of fused-ring (bicyclic) bond motifs is 1. The van der Waals surface area contributed by atoms with Gasteiger partial charge in [-0.05, 0) is 75.8 Å². The molecule has 1 aromatic rings. The lowest BCUT2D eigenvalue weighted by Gasteiger charge is -2.20. The van der Waals surface area contributed by atoms with Gasteiger partial charge in [-0.3, -0.25) is 5.32 Å². The van der Waals surface area contributed by atoms with Crippen LogP contribution in [0, 0.1) is 5.92 Å². The van der Waals surface area contributed by atoms with E-state index >= 15 is 0 Å². The zero-order valence-corrected chi connectivity index (χ0v) is 15.7. The minimum absolute atomic E-state index is 0.400. The van der Waals surface area contributed by atoms with Crippen LogP contribution >= 0.6 is 0 Å². The van der Waals surface area contributed by atoms with E-state index in [2.05, 4.69) is 36.6 Å². The Hall–Kier alpha value is -1.55. The van der Waals surface area contributed by atoms with E-state index in [1.165, 1.54) is 24.0 Å². The Balaban J connectivity index is 1.94. The SMILES string of the molecule is CCCC(C)CNC1CCc2cc(NC(=O)OC(C)(C)C)ccc21. The van der Waals surface area contributed by atoms with Gasteiger partial charge in [0.25, 0.3) is 0 Å². The average molecular weight is 332 g/mol. The van der Waals surface area contributed by atoms with E-state index in [1.54, 1.807) is 0 Å². The van der Waals surface area contributed by atoms with E-state index in [4.69, 9.17) is 4.74 Å². The van der Waals surface area contributed by atoms with Crippen LogP contribution in [0.15, 0.2) is 18.2 Å². The van der Waals surface area contributed by atoms with Crippen LogP contribution in [-0.2, 0) is 11.2 Å². The van der Waals surface area contributed by atoms with E-state index in [0.29, 0.717) is 12.0 Å². The second-order valence-electron chi connectivity index (χ2n) is 7.93. The molecule has 24 heavy (non-hydrogen) atoms. The number of rotatable bonds is 6. The number of nitrogens with one attached hydrogen (secondary N) is 2. The van der Waals surface area contributed by atoms with E-state index in [-0.39, 0.29) is 0 Å². The molecular formula is C20H32N2O2. The topological polar surface area (TPSA) is 50.4 Å². The number of aryl methyl sites for hydroxylation is 1. The molecule has 1 aliphatic carbocycles. The van der Waals surface area contributed by atoms with Gasteiger partial charge >= 0.3 is 6.09 Å². The van der Waals surface area contributed by atoms with Crippen molar-refractivity contribution >= 4 is 11.8 Å². The van der Waals surface area contributed by atoms with Crippen molar-refractivity contribution in [1.82, 2.24) is 5.32 Å². The van der Waals surface area contributed by atoms with Gasteiger partial charge in [0.05, 0.1) is 0 Å². The van der Waals surface area contributed by atoms with E-state index in [9.17, 15) is 4.79 Å². The van der Waals surface area contributed by atoms with Crippen LogP contribution in [0.25, 0.3) is 0 Å². The maximum Gasteiger partial charge on any atom is 0.412 e. The van der Waals surface area contributed by atoms with E-state index in [1.807, 2.05) is 26.8 Å². The van der Waals surface area contributed by atoms with Gasteiger partial charge in [-0.15, -0.1) is 0 Å². The van der Waals surface area contributed by atoms with E-state index < -0.39 is 11.7 Å². The molecule has 1 amide bonds. The standard InChI is InChI=1S/C20H32N2O2/c1-6-7-14(2)13-21-18-11-8-15-12-16(9-10-17(15)18)22-19(23)24-20(3,4)5/h9-10,12,14,18,21H,6-8,11,13H2,1-5H3,(H,22,23). The number of carbonyl (C=O) groups excluding carboxylic acids is 1. The molecule has 2 unspecified atom stereocenters. The number of amides is 1. The Bertz CT molecular complexity index is 563. The van der Waals surface area contributed by atoms with Gasteiger partial charge in [-0.1, -0.05) is 26.3 Å². The van der Waals surface area contributed by atoms with Crippen LogP contribution in [0.5, 0.6) is 0 Å². The summed E-state index contributed by atoms with van der Waals surface area (Å²) in [5.41, 5.74) is 3.02. The molecule has 2 rings (SSSR count). The van der Waals surface area contributed by atoms with E-state index in [0.717, 1.165) is 25.1 Å². The van der Waals surface area contributed by atoms with Crippen LogP contribution in [0.1, 0.15) is 71.0 Å². The summed E-state index contributed by atoms with van der Waals surface area (Å²) in [7, 11) is 0. The molecule has 0 spiro atoms. The first-order valence-electron chi connectivity index (χ1n) is 9.14. The molecule has 0 saturated heterocycles. The molecule has 4 heteroatoms. The van der Waals surface area contributed by atoms with Gasteiger partial charge in [0, 0.05) is 11.7 Å². The van der Waals surface area contributed by atoms with Gasteiger partial charge < -0.3 is 10.1 Å². The quantitative estimate of drug-likeness (QED) is 0.766. The number of hydrogen-bond acceptors (Lipinski definition) is 3. The zero-order valence-electron chi connectivity index (χ0n) is 15.7. The average Bonchev–Trinajstić information content (AvgIpc) is 2.85. The number of hydrogen-bond donors (Lipinski definition) is 2. The first kappa shape index (κ1) is 18.8. The molecule has 1 aliphatic rings. The molecule has 0 saturated carbocycles. The molecule has 0 aromatic heterocycles. The Morgan fingerprint density at radius 2 is 2.12 bits per heavy atom. The fraction of sp³-hybridized carbons (Fsp3) is 0.650. The summed E-state index contributed by atoms with van der Waals surface area (Å²) >= 11 is 0. The molecule has 1 aromatic carbocycles. The third-order valence-electron chi connectivity index (χ3n) is 4.36. The molecule has 0 bridgehead atoms. The molecule has 0 aliphatic heterocycles. The maximum atomic E-state index is 11.9. The lowest BCUT2D eigenvalue weighted by molar-refractivity contribution is 0.0636. The predicted molar refractivity (Wildman–Crippen MR) is 99.4 cm³/mol. The molecule has 2 N–H and O–H groups in total.